The van der Waals surface area contributed by atoms with Gasteiger partial charge in [-0.05, 0) is 32.8 Å². The van der Waals surface area contributed by atoms with E-state index in [2.05, 4.69) is 12.0 Å². The van der Waals surface area contributed by atoms with Crippen molar-refractivity contribution in [1.82, 2.24) is 9.78 Å². The largest absolute Gasteiger partial charge is 0.391 e. The second-order valence-corrected chi connectivity index (χ2v) is 3.54. The molecule has 1 aromatic heterocycles. The Balaban J connectivity index is 2.83. The van der Waals surface area contributed by atoms with Gasteiger partial charge in [0.1, 0.15) is 0 Å². The van der Waals surface area contributed by atoms with Gasteiger partial charge in [-0.3, -0.25) is 4.68 Å². The first-order valence-corrected chi connectivity index (χ1v) is 4.75. The van der Waals surface area contributed by atoms with Crippen molar-refractivity contribution in [3.05, 3.63) is 17.0 Å². The maximum absolute atomic E-state index is 9.48. The molecule has 0 aliphatic heterocycles. The molecule has 0 aliphatic rings. The molecule has 0 spiro atoms. The highest BCUT2D eigenvalue weighted by molar-refractivity contribution is 5.22. The molecule has 0 fully saturated rings. The Labute approximate surface area is 79.4 Å². The molecule has 0 aromatic carbocycles. The quantitative estimate of drug-likeness (QED) is 0.770. The van der Waals surface area contributed by atoms with Crippen molar-refractivity contribution in [3.8, 4) is 0 Å². The van der Waals surface area contributed by atoms with Crippen LogP contribution in [0.4, 0.5) is 0 Å². The van der Waals surface area contributed by atoms with E-state index in [1.165, 1.54) is 5.56 Å². The predicted molar refractivity (Wildman–Crippen MR) is 52.7 cm³/mol. The minimum Gasteiger partial charge on any atom is -0.391 e. The van der Waals surface area contributed by atoms with Crippen LogP contribution in [0.2, 0.25) is 0 Å². The van der Waals surface area contributed by atoms with Crippen LogP contribution >= 0.6 is 0 Å². The Hall–Kier alpha value is -0.830. The van der Waals surface area contributed by atoms with Gasteiger partial charge < -0.3 is 5.11 Å². The summed E-state index contributed by atoms with van der Waals surface area (Å²) in [5.41, 5.74) is 3.44. The van der Waals surface area contributed by atoms with Gasteiger partial charge >= 0.3 is 0 Å². The molecule has 0 amide bonds. The molecule has 1 atom stereocenters. The maximum atomic E-state index is 9.48. The van der Waals surface area contributed by atoms with Crippen LogP contribution in [0.25, 0.3) is 0 Å². The van der Waals surface area contributed by atoms with E-state index in [4.69, 9.17) is 0 Å². The normalized spacial score (nSPS) is 13.3. The highest BCUT2D eigenvalue weighted by Crippen LogP contribution is 2.11. The molecular formula is C10H18N2O. The van der Waals surface area contributed by atoms with E-state index in [0.29, 0.717) is 6.54 Å². The number of nitrogens with zero attached hydrogens (tertiary/aromatic N) is 2. The fraction of sp³-hybridized carbons (Fsp3) is 0.700. The Morgan fingerprint density at radius 3 is 2.38 bits per heavy atom. The van der Waals surface area contributed by atoms with Gasteiger partial charge in [0, 0.05) is 5.69 Å². The molecule has 0 radical (unpaired) electrons. The standard InChI is InChI=1S/C10H18N2O/c1-5-10(13)6-12-9(4)7(2)8(3)11-12/h10,13H,5-6H2,1-4H3. The molecule has 0 bridgehead atoms. The molecular weight excluding hydrogens is 164 g/mol. The van der Waals surface area contributed by atoms with Gasteiger partial charge in [-0.1, -0.05) is 6.92 Å². The van der Waals surface area contributed by atoms with E-state index in [-0.39, 0.29) is 6.10 Å². The van der Waals surface area contributed by atoms with Gasteiger partial charge in [0.15, 0.2) is 0 Å². The SMILES string of the molecule is CCC(O)Cn1nc(C)c(C)c1C. The first-order valence-electron chi connectivity index (χ1n) is 4.75. The van der Waals surface area contributed by atoms with Crippen molar-refractivity contribution in [3.63, 3.8) is 0 Å². The molecule has 1 unspecified atom stereocenters. The lowest BCUT2D eigenvalue weighted by atomic mass is 10.2. The first kappa shape index (κ1) is 10.3. The summed E-state index contributed by atoms with van der Waals surface area (Å²) in [7, 11) is 0. The number of aliphatic hydroxyl groups is 1. The molecule has 3 heteroatoms. The van der Waals surface area contributed by atoms with Crippen molar-refractivity contribution in [2.24, 2.45) is 0 Å². The molecule has 1 N–H and O–H groups in total. The van der Waals surface area contributed by atoms with Crippen LogP contribution in [-0.2, 0) is 6.54 Å². The lowest BCUT2D eigenvalue weighted by molar-refractivity contribution is 0.144. The minimum absolute atomic E-state index is 0.280. The fourth-order valence-electron chi connectivity index (χ4n) is 1.29. The Bertz CT molecular complexity index is 291. The van der Waals surface area contributed by atoms with Crippen molar-refractivity contribution in [1.29, 1.82) is 0 Å². The highest BCUT2D eigenvalue weighted by atomic mass is 16.3. The molecule has 1 aromatic rings. The summed E-state index contributed by atoms with van der Waals surface area (Å²) in [6, 6.07) is 0. The van der Waals surface area contributed by atoms with Gasteiger partial charge in [-0.25, -0.2) is 0 Å². The summed E-state index contributed by atoms with van der Waals surface area (Å²) in [4.78, 5) is 0. The molecule has 0 saturated carbocycles. The molecule has 1 rings (SSSR count). The predicted octanol–water partition coefficient (Wildman–Crippen LogP) is 1.58. The van der Waals surface area contributed by atoms with E-state index >= 15 is 0 Å². The first-order chi connectivity index (χ1) is 6.06. The topological polar surface area (TPSA) is 38.0 Å². The zero-order valence-electron chi connectivity index (χ0n) is 8.83. The summed E-state index contributed by atoms with van der Waals surface area (Å²) >= 11 is 0. The van der Waals surface area contributed by atoms with E-state index in [1.54, 1.807) is 0 Å². The molecule has 0 aliphatic carbocycles. The Morgan fingerprint density at radius 2 is 2.00 bits per heavy atom. The van der Waals surface area contributed by atoms with Gasteiger partial charge in [0.2, 0.25) is 0 Å². The minimum atomic E-state index is -0.280. The van der Waals surface area contributed by atoms with Gasteiger partial charge in [-0.15, -0.1) is 0 Å². The number of rotatable bonds is 3. The van der Waals surface area contributed by atoms with Gasteiger partial charge in [0.25, 0.3) is 0 Å². The lowest BCUT2D eigenvalue weighted by Gasteiger charge is -2.09. The number of aromatic nitrogens is 2. The second kappa shape index (κ2) is 3.92. The summed E-state index contributed by atoms with van der Waals surface area (Å²) in [5.74, 6) is 0. The zero-order chi connectivity index (χ0) is 10.0. The van der Waals surface area contributed by atoms with Crippen LogP contribution in [0.5, 0.6) is 0 Å². The summed E-state index contributed by atoms with van der Waals surface area (Å²) in [5, 5.41) is 13.8. The van der Waals surface area contributed by atoms with Crippen LogP contribution in [0.15, 0.2) is 0 Å². The van der Waals surface area contributed by atoms with E-state index in [9.17, 15) is 5.11 Å². The smallest absolute Gasteiger partial charge is 0.0733 e. The molecule has 0 saturated heterocycles. The lowest BCUT2D eigenvalue weighted by Crippen LogP contribution is -2.16. The monoisotopic (exact) mass is 182 g/mol. The zero-order valence-corrected chi connectivity index (χ0v) is 8.83. The average molecular weight is 182 g/mol. The maximum Gasteiger partial charge on any atom is 0.0733 e. The molecule has 13 heavy (non-hydrogen) atoms. The van der Waals surface area contributed by atoms with E-state index in [0.717, 1.165) is 17.8 Å². The van der Waals surface area contributed by atoms with Crippen LogP contribution in [0.3, 0.4) is 0 Å². The van der Waals surface area contributed by atoms with E-state index in [1.807, 2.05) is 25.5 Å². The van der Waals surface area contributed by atoms with Crippen LogP contribution < -0.4 is 0 Å². The molecule has 74 valence electrons. The van der Waals surface area contributed by atoms with Crippen LogP contribution in [-0.4, -0.2) is 21.0 Å². The summed E-state index contributed by atoms with van der Waals surface area (Å²) in [6.07, 6.45) is 0.495. The third-order valence-electron chi connectivity index (χ3n) is 2.60. The van der Waals surface area contributed by atoms with Gasteiger partial charge in [0.05, 0.1) is 18.3 Å². The van der Waals surface area contributed by atoms with Crippen molar-refractivity contribution >= 4 is 0 Å². The Kier molecular flexibility index (Phi) is 3.09. The van der Waals surface area contributed by atoms with Crippen LogP contribution in [0.1, 0.15) is 30.3 Å². The number of hydrogen-bond donors (Lipinski definition) is 1. The fourth-order valence-corrected chi connectivity index (χ4v) is 1.29. The van der Waals surface area contributed by atoms with Gasteiger partial charge in [-0.2, -0.15) is 5.10 Å². The van der Waals surface area contributed by atoms with E-state index < -0.39 is 0 Å². The summed E-state index contributed by atoms with van der Waals surface area (Å²) < 4.78 is 1.89. The number of hydrogen-bond acceptors (Lipinski definition) is 2. The van der Waals surface area contributed by atoms with Crippen molar-refractivity contribution < 1.29 is 5.11 Å². The number of aryl methyl sites for hydroxylation is 1. The highest BCUT2D eigenvalue weighted by Gasteiger charge is 2.09. The number of aliphatic hydroxyl groups excluding tert-OH is 1. The van der Waals surface area contributed by atoms with Crippen LogP contribution in [0, 0.1) is 20.8 Å². The Morgan fingerprint density at radius 1 is 1.38 bits per heavy atom. The third kappa shape index (κ3) is 2.10. The average Bonchev–Trinajstić information content (AvgIpc) is 2.34. The molecule has 1 heterocycles. The second-order valence-electron chi connectivity index (χ2n) is 3.54. The van der Waals surface area contributed by atoms with Crippen molar-refractivity contribution in [2.75, 3.05) is 0 Å². The van der Waals surface area contributed by atoms with Crippen molar-refractivity contribution in [2.45, 2.75) is 46.8 Å². The summed E-state index contributed by atoms with van der Waals surface area (Å²) in [6.45, 7) is 8.68. The third-order valence-corrected chi connectivity index (χ3v) is 2.60. The molecule has 3 nitrogen and oxygen atoms in total.